The Kier molecular flexibility index (Phi) is 5.27. The number of halogens is 2. The highest BCUT2D eigenvalue weighted by molar-refractivity contribution is 6.30. The highest BCUT2D eigenvalue weighted by atomic mass is 35.5. The normalized spacial score (nSPS) is 10.8. The van der Waals surface area contributed by atoms with E-state index in [4.69, 9.17) is 16.7 Å². The second-order valence-electron chi connectivity index (χ2n) is 4.74. The fourth-order valence-electron chi connectivity index (χ4n) is 1.95. The third-order valence-corrected chi connectivity index (χ3v) is 3.23. The van der Waals surface area contributed by atoms with Gasteiger partial charge in [0.2, 0.25) is 0 Å². The lowest BCUT2D eigenvalue weighted by molar-refractivity contribution is -0.137. The highest BCUT2D eigenvalue weighted by Gasteiger charge is 2.07. The molecule has 7 heteroatoms. The lowest BCUT2D eigenvalue weighted by atomic mass is 10.1. The molecule has 0 saturated heterocycles. The molecule has 2 rings (SSSR count). The van der Waals surface area contributed by atoms with Gasteiger partial charge in [-0.15, -0.1) is 5.10 Å². The van der Waals surface area contributed by atoms with Crippen LogP contribution in [0, 0.1) is 5.82 Å². The van der Waals surface area contributed by atoms with Gasteiger partial charge in [-0.1, -0.05) is 16.8 Å². The second kappa shape index (κ2) is 7.17. The lowest BCUT2D eigenvalue weighted by Gasteiger charge is -2.03. The number of hydrogen-bond acceptors (Lipinski definition) is 3. The Hall–Kier alpha value is -1.95. The third kappa shape index (κ3) is 4.82. The topological polar surface area (TPSA) is 68.0 Å². The molecule has 0 bridgehead atoms. The van der Waals surface area contributed by atoms with Crippen LogP contribution >= 0.6 is 11.6 Å². The maximum Gasteiger partial charge on any atom is 0.303 e. The molecule has 0 aliphatic rings. The number of carboxylic acids is 1. The number of carboxylic acid groups (broad SMARTS) is 1. The van der Waals surface area contributed by atoms with Crippen molar-refractivity contribution in [1.82, 2.24) is 15.0 Å². The van der Waals surface area contributed by atoms with E-state index in [0.717, 1.165) is 12.1 Å². The van der Waals surface area contributed by atoms with E-state index in [1.54, 1.807) is 16.9 Å². The minimum atomic E-state index is -0.796. The van der Waals surface area contributed by atoms with Crippen LogP contribution in [0.5, 0.6) is 0 Å². The molecule has 112 valence electrons. The van der Waals surface area contributed by atoms with Crippen molar-refractivity contribution in [1.29, 1.82) is 0 Å². The Morgan fingerprint density at radius 3 is 2.95 bits per heavy atom. The van der Waals surface area contributed by atoms with Gasteiger partial charge in [0.15, 0.2) is 0 Å². The molecule has 0 aliphatic carbocycles. The fraction of sp³-hybridized carbons (Fsp3) is 0.357. The van der Waals surface area contributed by atoms with Gasteiger partial charge in [0.25, 0.3) is 0 Å². The van der Waals surface area contributed by atoms with Crippen LogP contribution in [0.25, 0.3) is 0 Å². The number of benzene rings is 1. The number of aryl methyl sites for hydroxylation is 1. The van der Waals surface area contributed by atoms with Gasteiger partial charge in [-0.2, -0.15) is 0 Å². The Balaban J connectivity index is 1.91. The van der Waals surface area contributed by atoms with Gasteiger partial charge < -0.3 is 5.11 Å². The van der Waals surface area contributed by atoms with Crippen LogP contribution in [-0.2, 0) is 17.8 Å². The number of aromatic nitrogens is 3. The predicted octanol–water partition coefficient (Wildman–Crippen LogP) is 2.92. The zero-order valence-electron chi connectivity index (χ0n) is 11.3. The van der Waals surface area contributed by atoms with E-state index in [1.807, 2.05) is 0 Å². The Morgan fingerprint density at radius 2 is 2.19 bits per heavy atom. The molecule has 0 spiro atoms. The maximum atomic E-state index is 13.6. The Bertz CT molecular complexity index is 630. The van der Waals surface area contributed by atoms with Gasteiger partial charge in [-0.3, -0.25) is 4.79 Å². The number of rotatable bonds is 7. The van der Waals surface area contributed by atoms with Crippen molar-refractivity contribution in [2.24, 2.45) is 0 Å². The van der Waals surface area contributed by atoms with Crippen molar-refractivity contribution < 1.29 is 14.3 Å². The zero-order chi connectivity index (χ0) is 15.2. The number of carbonyl (C=O) groups is 1. The third-order valence-electron chi connectivity index (χ3n) is 3.00. The van der Waals surface area contributed by atoms with E-state index in [1.165, 1.54) is 12.1 Å². The summed E-state index contributed by atoms with van der Waals surface area (Å²) in [4.78, 5) is 10.4. The Morgan fingerprint density at radius 1 is 1.38 bits per heavy atom. The van der Waals surface area contributed by atoms with Gasteiger partial charge in [0.05, 0.1) is 12.2 Å². The number of unbranched alkanes of at least 4 members (excludes halogenated alkanes) is 1. The monoisotopic (exact) mass is 311 g/mol. The van der Waals surface area contributed by atoms with Crippen molar-refractivity contribution in [2.45, 2.75) is 32.2 Å². The quantitative estimate of drug-likeness (QED) is 0.798. The van der Waals surface area contributed by atoms with Crippen LogP contribution in [-0.4, -0.2) is 26.1 Å². The van der Waals surface area contributed by atoms with Gasteiger partial charge in [-0.05, 0) is 37.5 Å². The second-order valence-corrected chi connectivity index (χ2v) is 5.18. The first-order valence-electron chi connectivity index (χ1n) is 6.59. The molecule has 0 radical (unpaired) electrons. The summed E-state index contributed by atoms with van der Waals surface area (Å²) in [5, 5.41) is 16.9. The molecule has 5 nitrogen and oxygen atoms in total. The summed E-state index contributed by atoms with van der Waals surface area (Å²) in [6.45, 7) is 0.258. The summed E-state index contributed by atoms with van der Waals surface area (Å²) in [6, 6.07) is 4.38. The fourth-order valence-corrected chi connectivity index (χ4v) is 2.15. The molecule has 21 heavy (non-hydrogen) atoms. The van der Waals surface area contributed by atoms with Crippen LogP contribution in [0.2, 0.25) is 5.02 Å². The zero-order valence-corrected chi connectivity index (χ0v) is 12.1. The summed E-state index contributed by atoms with van der Waals surface area (Å²) in [7, 11) is 0. The minimum Gasteiger partial charge on any atom is -0.481 e. The van der Waals surface area contributed by atoms with Crippen molar-refractivity contribution in [2.75, 3.05) is 0 Å². The van der Waals surface area contributed by atoms with E-state index in [-0.39, 0.29) is 18.8 Å². The van der Waals surface area contributed by atoms with Crippen molar-refractivity contribution in [3.63, 3.8) is 0 Å². The molecule has 0 atom stereocenters. The van der Waals surface area contributed by atoms with E-state index in [2.05, 4.69) is 10.3 Å². The van der Waals surface area contributed by atoms with Gasteiger partial charge in [-0.25, -0.2) is 9.07 Å². The average molecular weight is 312 g/mol. The highest BCUT2D eigenvalue weighted by Crippen LogP contribution is 2.16. The summed E-state index contributed by atoms with van der Waals surface area (Å²) < 4.78 is 15.2. The molecular weight excluding hydrogens is 297 g/mol. The first-order valence-corrected chi connectivity index (χ1v) is 6.97. The largest absolute Gasteiger partial charge is 0.481 e. The van der Waals surface area contributed by atoms with Crippen LogP contribution in [0.4, 0.5) is 4.39 Å². The predicted molar refractivity (Wildman–Crippen MR) is 75.7 cm³/mol. The molecule has 0 amide bonds. The molecule has 1 heterocycles. The van der Waals surface area contributed by atoms with Gasteiger partial charge in [0, 0.05) is 23.2 Å². The van der Waals surface area contributed by atoms with Crippen LogP contribution in [0.1, 0.15) is 30.5 Å². The molecule has 0 fully saturated rings. The molecule has 1 aromatic carbocycles. The van der Waals surface area contributed by atoms with E-state index in [0.29, 0.717) is 23.4 Å². The summed E-state index contributed by atoms with van der Waals surface area (Å²) in [5.41, 5.74) is 1.22. The lowest BCUT2D eigenvalue weighted by Crippen LogP contribution is -2.02. The molecule has 0 saturated carbocycles. The average Bonchev–Trinajstić information content (AvgIpc) is 2.86. The first-order chi connectivity index (χ1) is 10.0. The number of hydrogen-bond donors (Lipinski definition) is 1. The minimum absolute atomic E-state index is 0.155. The summed E-state index contributed by atoms with van der Waals surface area (Å²) in [6.07, 6.45) is 3.88. The summed E-state index contributed by atoms with van der Waals surface area (Å²) >= 11 is 5.84. The number of aliphatic carboxylic acids is 1. The molecule has 1 aromatic heterocycles. The molecule has 0 aliphatic heterocycles. The van der Waals surface area contributed by atoms with Crippen molar-refractivity contribution in [3.05, 3.63) is 46.5 Å². The summed E-state index contributed by atoms with van der Waals surface area (Å²) in [5.74, 6) is -1.13. The maximum absolute atomic E-state index is 13.6. The van der Waals surface area contributed by atoms with E-state index >= 15 is 0 Å². The first kappa shape index (κ1) is 15.4. The van der Waals surface area contributed by atoms with E-state index < -0.39 is 5.97 Å². The van der Waals surface area contributed by atoms with Crippen LogP contribution in [0.15, 0.2) is 24.4 Å². The SMILES string of the molecule is O=C(O)CCCCc1cn(Cc2cc(Cl)ccc2F)nn1. The molecule has 1 N–H and O–H groups in total. The smallest absolute Gasteiger partial charge is 0.303 e. The van der Waals surface area contributed by atoms with Crippen molar-refractivity contribution >= 4 is 17.6 Å². The standard InChI is InChI=1S/C14H15ClFN3O2/c15-11-5-6-13(16)10(7-11)8-19-9-12(17-18-19)3-1-2-4-14(20)21/h5-7,9H,1-4,8H2,(H,20,21). The van der Waals surface area contributed by atoms with Crippen LogP contribution in [0.3, 0.4) is 0 Å². The Labute approximate surface area is 126 Å². The van der Waals surface area contributed by atoms with Crippen molar-refractivity contribution in [3.8, 4) is 0 Å². The van der Waals surface area contributed by atoms with Gasteiger partial charge in [0.1, 0.15) is 5.82 Å². The number of nitrogens with zero attached hydrogens (tertiary/aromatic N) is 3. The van der Waals surface area contributed by atoms with E-state index in [9.17, 15) is 9.18 Å². The molecule has 2 aromatic rings. The molecular formula is C14H15ClFN3O2. The van der Waals surface area contributed by atoms with Gasteiger partial charge >= 0.3 is 5.97 Å². The molecule has 0 unspecified atom stereocenters. The van der Waals surface area contributed by atoms with Crippen LogP contribution < -0.4 is 0 Å².